The van der Waals surface area contributed by atoms with Crippen molar-refractivity contribution in [2.45, 2.75) is 6.92 Å². The normalized spacial score (nSPS) is 17.4. The van der Waals surface area contributed by atoms with E-state index >= 15 is 0 Å². The second kappa shape index (κ2) is 2.44. The molecule has 3 heteroatoms. The van der Waals surface area contributed by atoms with E-state index in [4.69, 9.17) is 0 Å². The molecule has 0 aliphatic carbocycles. The van der Waals surface area contributed by atoms with E-state index in [2.05, 4.69) is 4.99 Å². The molecular weight excluding hydrogens is 116 g/mol. The van der Waals surface area contributed by atoms with Crippen LogP contribution in [-0.4, -0.2) is 24.1 Å². The van der Waals surface area contributed by atoms with Gasteiger partial charge in [0.05, 0.1) is 12.2 Å². The fraction of sp³-hybridized carbons (Fsp3) is 0.333. The van der Waals surface area contributed by atoms with Crippen LogP contribution < -0.4 is 0 Å². The Kier molecular flexibility index (Phi) is 1.63. The molecule has 0 unspecified atom stereocenters. The molecular formula is C6H8N2O. The predicted octanol–water partition coefficient (Wildman–Crippen LogP) is 0.391. The third kappa shape index (κ3) is 1.38. The Hall–Kier alpha value is -1.12. The van der Waals surface area contributed by atoms with Crippen LogP contribution >= 0.6 is 0 Å². The summed E-state index contributed by atoms with van der Waals surface area (Å²) in [5.74, 6) is 0. The first-order valence-electron chi connectivity index (χ1n) is 2.75. The van der Waals surface area contributed by atoms with Crippen molar-refractivity contribution in [3.63, 3.8) is 0 Å². The SMILES string of the molecule is CC1=CN(C=O)CC=N1. The maximum Gasteiger partial charge on any atom is 0.214 e. The van der Waals surface area contributed by atoms with E-state index in [0.29, 0.717) is 6.54 Å². The lowest BCUT2D eigenvalue weighted by molar-refractivity contribution is -0.115. The van der Waals surface area contributed by atoms with Crippen molar-refractivity contribution in [3.8, 4) is 0 Å². The molecule has 0 radical (unpaired) electrons. The van der Waals surface area contributed by atoms with Gasteiger partial charge in [-0.25, -0.2) is 0 Å². The zero-order valence-corrected chi connectivity index (χ0v) is 5.24. The minimum atomic E-state index is 0.598. The molecule has 3 nitrogen and oxygen atoms in total. The summed E-state index contributed by atoms with van der Waals surface area (Å²) < 4.78 is 0. The first-order valence-corrected chi connectivity index (χ1v) is 2.75. The molecule has 0 saturated heterocycles. The van der Waals surface area contributed by atoms with Gasteiger partial charge < -0.3 is 4.90 Å². The lowest BCUT2D eigenvalue weighted by Crippen LogP contribution is -2.20. The number of rotatable bonds is 1. The minimum Gasteiger partial charge on any atom is -0.314 e. The first kappa shape index (κ1) is 6.01. The van der Waals surface area contributed by atoms with E-state index in [9.17, 15) is 4.79 Å². The second-order valence-electron chi connectivity index (χ2n) is 1.88. The highest BCUT2D eigenvalue weighted by Crippen LogP contribution is 2.00. The van der Waals surface area contributed by atoms with E-state index in [1.165, 1.54) is 0 Å². The van der Waals surface area contributed by atoms with Crippen molar-refractivity contribution in [3.05, 3.63) is 11.9 Å². The topological polar surface area (TPSA) is 32.7 Å². The number of hydrogen-bond acceptors (Lipinski definition) is 2. The predicted molar refractivity (Wildman–Crippen MR) is 35.0 cm³/mol. The Morgan fingerprint density at radius 1 is 1.89 bits per heavy atom. The zero-order chi connectivity index (χ0) is 6.69. The van der Waals surface area contributed by atoms with Crippen molar-refractivity contribution in [1.82, 2.24) is 4.90 Å². The zero-order valence-electron chi connectivity index (χ0n) is 5.24. The summed E-state index contributed by atoms with van der Waals surface area (Å²) >= 11 is 0. The van der Waals surface area contributed by atoms with Crippen molar-refractivity contribution in [2.75, 3.05) is 6.54 Å². The summed E-state index contributed by atoms with van der Waals surface area (Å²) in [6.07, 6.45) is 4.21. The maximum atomic E-state index is 10.1. The van der Waals surface area contributed by atoms with E-state index in [-0.39, 0.29) is 0 Å². The standard InChI is InChI=1S/C6H8N2O/c1-6-4-8(5-9)3-2-7-6/h2,4-5H,3H2,1H3. The lowest BCUT2D eigenvalue weighted by Gasteiger charge is -2.12. The molecule has 0 aromatic rings. The van der Waals surface area contributed by atoms with Gasteiger partial charge in [-0.3, -0.25) is 9.79 Å². The van der Waals surface area contributed by atoms with Crippen molar-refractivity contribution in [2.24, 2.45) is 4.99 Å². The number of carbonyl (C=O) groups is 1. The highest BCUT2D eigenvalue weighted by molar-refractivity contribution is 5.67. The van der Waals surface area contributed by atoms with Crippen LogP contribution in [0, 0.1) is 0 Å². The fourth-order valence-electron chi connectivity index (χ4n) is 0.679. The van der Waals surface area contributed by atoms with Crippen molar-refractivity contribution in [1.29, 1.82) is 0 Å². The van der Waals surface area contributed by atoms with Crippen LogP contribution in [0.5, 0.6) is 0 Å². The quantitative estimate of drug-likeness (QED) is 0.465. The molecule has 0 aromatic heterocycles. The Morgan fingerprint density at radius 3 is 3.11 bits per heavy atom. The molecule has 1 rings (SSSR count). The molecule has 0 N–H and O–H groups in total. The van der Waals surface area contributed by atoms with Crippen LogP contribution in [0.25, 0.3) is 0 Å². The van der Waals surface area contributed by atoms with Gasteiger partial charge in [-0.15, -0.1) is 0 Å². The number of hydrogen-bond donors (Lipinski definition) is 0. The molecule has 9 heavy (non-hydrogen) atoms. The molecule has 0 atom stereocenters. The van der Waals surface area contributed by atoms with Crippen LogP contribution in [-0.2, 0) is 4.79 Å². The van der Waals surface area contributed by atoms with Crippen molar-refractivity contribution < 1.29 is 4.79 Å². The van der Waals surface area contributed by atoms with Gasteiger partial charge in [0.1, 0.15) is 0 Å². The largest absolute Gasteiger partial charge is 0.314 e. The summed E-state index contributed by atoms with van der Waals surface area (Å²) in [5.41, 5.74) is 0.869. The van der Waals surface area contributed by atoms with E-state index in [0.717, 1.165) is 12.1 Å². The van der Waals surface area contributed by atoms with Gasteiger partial charge in [-0.2, -0.15) is 0 Å². The van der Waals surface area contributed by atoms with Gasteiger partial charge in [0.2, 0.25) is 6.41 Å². The molecule has 48 valence electrons. The van der Waals surface area contributed by atoms with E-state index in [1.54, 1.807) is 17.3 Å². The number of carbonyl (C=O) groups excluding carboxylic acids is 1. The van der Waals surface area contributed by atoms with Gasteiger partial charge in [-0.05, 0) is 6.92 Å². The summed E-state index contributed by atoms with van der Waals surface area (Å²) in [4.78, 5) is 15.6. The summed E-state index contributed by atoms with van der Waals surface area (Å²) in [7, 11) is 0. The van der Waals surface area contributed by atoms with Crippen LogP contribution in [0.1, 0.15) is 6.92 Å². The van der Waals surface area contributed by atoms with Crippen LogP contribution in [0.15, 0.2) is 16.9 Å². The van der Waals surface area contributed by atoms with Gasteiger partial charge in [0, 0.05) is 12.4 Å². The molecule has 1 heterocycles. The number of allylic oxidation sites excluding steroid dienone is 1. The lowest BCUT2D eigenvalue weighted by atomic mass is 10.4. The average molecular weight is 124 g/mol. The monoisotopic (exact) mass is 124 g/mol. The Labute approximate surface area is 53.7 Å². The van der Waals surface area contributed by atoms with Crippen molar-refractivity contribution >= 4 is 12.6 Å². The third-order valence-electron chi connectivity index (χ3n) is 1.08. The highest BCUT2D eigenvalue weighted by atomic mass is 16.1. The Bertz CT molecular complexity index is 172. The van der Waals surface area contributed by atoms with E-state index in [1.807, 2.05) is 6.92 Å². The molecule has 0 bridgehead atoms. The second-order valence-corrected chi connectivity index (χ2v) is 1.88. The molecule has 1 amide bonds. The van der Waals surface area contributed by atoms with Gasteiger partial charge in [0.25, 0.3) is 0 Å². The maximum absolute atomic E-state index is 10.1. The van der Waals surface area contributed by atoms with E-state index < -0.39 is 0 Å². The number of amides is 1. The molecule has 0 fully saturated rings. The molecule has 0 aromatic carbocycles. The molecule has 1 aliphatic rings. The fourth-order valence-corrected chi connectivity index (χ4v) is 0.679. The van der Waals surface area contributed by atoms with Gasteiger partial charge in [-0.1, -0.05) is 0 Å². The van der Waals surface area contributed by atoms with Crippen LogP contribution in [0.4, 0.5) is 0 Å². The highest BCUT2D eigenvalue weighted by Gasteiger charge is 1.98. The smallest absolute Gasteiger partial charge is 0.214 e. The Morgan fingerprint density at radius 2 is 2.67 bits per heavy atom. The number of nitrogens with zero attached hydrogens (tertiary/aromatic N) is 2. The molecule has 1 aliphatic heterocycles. The summed E-state index contributed by atoms with van der Waals surface area (Å²) in [6.45, 7) is 2.45. The molecule has 0 spiro atoms. The molecule has 0 saturated carbocycles. The average Bonchev–Trinajstić information content (AvgIpc) is 1.88. The third-order valence-corrected chi connectivity index (χ3v) is 1.08. The van der Waals surface area contributed by atoms with Gasteiger partial charge >= 0.3 is 0 Å². The summed E-state index contributed by atoms with van der Waals surface area (Å²) in [5, 5.41) is 0. The minimum absolute atomic E-state index is 0.598. The van der Waals surface area contributed by atoms with Crippen LogP contribution in [0.3, 0.4) is 0 Å². The number of aliphatic imine (C=N–C) groups is 1. The Balaban J connectivity index is 2.65. The summed E-state index contributed by atoms with van der Waals surface area (Å²) in [6, 6.07) is 0. The van der Waals surface area contributed by atoms with Crippen LogP contribution in [0.2, 0.25) is 0 Å². The van der Waals surface area contributed by atoms with Gasteiger partial charge in [0.15, 0.2) is 0 Å². The first-order chi connectivity index (χ1) is 4.33.